The monoisotopic (exact) mass is 421 g/mol. The zero-order valence-corrected chi connectivity index (χ0v) is 17.3. The quantitative estimate of drug-likeness (QED) is 0.752. The molecule has 0 amide bonds. The van der Waals surface area contributed by atoms with Crippen molar-refractivity contribution >= 4 is 21.6 Å². The van der Waals surface area contributed by atoms with Crippen molar-refractivity contribution in [3.63, 3.8) is 0 Å². The maximum atomic E-state index is 11.5. The summed E-state index contributed by atoms with van der Waals surface area (Å²) >= 11 is 6.11. The van der Waals surface area contributed by atoms with Crippen molar-refractivity contribution in [2.45, 2.75) is 36.5 Å². The summed E-state index contributed by atoms with van der Waals surface area (Å²) < 4.78 is 34.6. The van der Waals surface area contributed by atoms with Gasteiger partial charge >= 0.3 is 0 Å². The van der Waals surface area contributed by atoms with E-state index >= 15 is 0 Å². The Bertz CT molecular complexity index is 968. The van der Waals surface area contributed by atoms with Crippen LogP contribution in [0.25, 0.3) is 0 Å². The molecule has 1 spiro atoms. The predicted octanol–water partition coefficient (Wildman–Crippen LogP) is 4.35. The molecule has 2 aromatic carbocycles. The minimum atomic E-state index is -3.68. The van der Waals surface area contributed by atoms with Crippen LogP contribution in [0.5, 0.6) is 11.5 Å². The van der Waals surface area contributed by atoms with Gasteiger partial charge in [-0.25, -0.2) is 13.6 Å². The van der Waals surface area contributed by atoms with Gasteiger partial charge in [0, 0.05) is 17.0 Å². The molecule has 0 aliphatic heterocycles. The Kier molecular flexibility index (Phi) is 5.06. The molecule has 0 bridgehead atoms. The lowest BCUT2D eigenvalue weighted by molar-refractivity contribution is 0.257. The van der Waals surface area contributed by atoms with E-state index in [0.29, 0.717) is 35.0 Å². The second kappa shape index (κ2) is 7.25. The van der Waals surface area contributed by atoms with E-state index < -0.39 is 10.0 Å². The maximum absolute atomic E-state index is 11.5. The normalized spacial score (nSPS) is 23.0. The first-order chi connectivity index (χ1) is 13.3. The number of hydrogen-bond acceptors (Lipinski definition) is 4. The van der Waals surface area contributed by atoms with Crippen LogP contribution in [0, 0.1) is 11.3 Å². The SMILES string of the molecule is COc1ccc(Cl)cc1OC[C@@H]1[C@@H](c2ccc(S(N)(=O)=O)cc2)C12CCCC2. The number of primary sulfonamides is 1. The third kappa shape index (κ3) is 3.49. The summed E-state index contributed by atoms with van der Waals surface area (Å²) in [5.41, 5.74) is 1.40. The Morgan fingerprint density at radius 2 is 1.79 bits per heavy atom. The standard InChI is InChI=1S/C21H24ClNO4S/c1-26-18-9-6-15(22)12-19(18)27-13-17-20(21(17)10-2-3-11-21)14-4-7-16(8-5-14)28(23,24)25/h4-9,12,17,20H,2-3,10-11,13H2,1H3,(H2,23,24,25)/t17-,20-/m1/s1. The Balaban J connectivity index is 1.54. The Hall–Kier alpha value is -1.76. The van der Waals surface area contributed by atoms with Crippen LogP contribution >= 0.6 is 11.6 Å². The molecule has 2 aromatic rings. The molecule has 2 aliphatic carbocycles. The van der Waals surface area contributed by atoms with Crippen LogP contribution in [0.4, 0.5) is 0 Å². The molecule has 0 saturated heterocycles. The molecule has 150 valence electrons. The highest BCUT2D eigenvalue weighted by Gasteiger charge is 2.65. The van der Waals surface area contributed by atoms with Gasteiger partial charge in [-0.05, 0) is 54.0 Å². The average Bonchev–Trinajstić information content (AvgIpc) is 3.00. The van der Waals surface area contributed by atoms with E-state index in [1.165, 1.54) is 25.7 Å². The summed E-state index contributed by atoms with van der Waals surface area (Å²) in [4.78, 5) is 0.147. The fourth-order valence-electron chi connectivity index (χ4n) is 4.93. The summed E-state index contributed by atoms with van der Waals surface area (Å²) in [6.45, 7) is 0.582. The first kappa shape index (κ1) is 19.6. The lowest BCUT2D eigenvalue weighted by atomic mass is 9.97. The molecule has 5 nitrogen and oxygen atoms in total. The van der Waals surface area contributed by atoms with Crippen molar-refractivity contribution in [2.75, 3.05) is 13.7 Å². The van der Waals surface area contributed by atoms with E-state index in [0.717, 1.165) is 5.56 Å². The van der Waals surface area contributed by atoms with Gasteiger partial charge < -0.3 is 9.47 Å². The first-order valence-electron chi connectivity index (χ1n) is 9.44. The van der Waals surface area contributed by atoms with Crippen molar-refractivity contribution in [3.8, 4) is 11.5 Å². The Labute approximate surface area is 170 Å². The number of ether oxygens (including phenoxy) is 2. The van der Waals surface area contributed by atoms with Gasteiger partial charge in [0.1, 0.15) is 0 Å². The zero-order chi connectivity index (χ0) is 19.9. The Morgan fingerprint density at radius 1 is 1.11 bits per heavy atom. The summed E-state index contributed by atoms with van der Waals surface area (Å²) in [7, 11) is -2.06. The lowest BCUT2D eigenvalue weighted by Crippen LogP contribution is -2.11. The van der Waals surface area contributed by atoms with Gasteiger partial charge in [0.2, 0.25) is 10.0 Å². The molecular weight excluding hydrogens is 398 g/mol. The van der Waals surface area contributed by atoms with Crippen LogP contribution < -0.4 is 14.6 Å². The number of hydrogen-bond donors (Lipinski definition) is 1. The number of methoxy groups -OCH3 is 1. The van der Waals surface area contributed by atoms with Crippen LogP contribution in [0.2, 0.25) is 5.02 Å². The van der Waals surface area contributed by atoms with E-state index in [4.69, 9.17) is 26.2 Å². The van der Waals surface area contributed by atoms with Crippen molar-refractivity contribution in [1.82, 2.24) is 0 Å². The minimum absolute atomic E-state index is 0.147. The zero-order valence-electron chi connectivity index (χ0n) is 15.7. The number of halogens is 1. The average molecular weight is 422 g/mol. The van der Waals surface area contributed by atoms with Crippen molar-refractivity contribution in [1.29, 1.82) is 0 Å². The lowest BCUT2D eigenvalue weighted by Gasteiger charge is -2.12. The minimum Gasteiger partial charge on any atom is -0.493 e. The summed E-state index contributed by atoms with van der Waals surface area (Å²) in [5, 5.41) is 5.83. The van der Waals surface area contributed by atoms with E-state index in [2.05, 4.69) is 0 Å². The highest BCUT2D eigenvalue weighted by molar-refractivity contribution is 7.89. The van der Waals surface area contributed by atoms with E-state index in [-0.39, 0.29) is 10.3 Å². The third-order valence-corrected chi connectivity index (χ3v) is 7.46. The van der Waals surface area contributed by atoms with Crippen molar-refractivity contribution in [3.05, 3.63) is 53.1 Å². The Morgan fingerprint density at radius 3 is 2.39 bits per heavy atom. The number of nitrogens with two attached hydrogens (primary N) is 1. The van der Waals surface area contributed by atoms with Crippen molar-refractivity contribution < 1.29 is 17.9 Å². The van der Waals surface area contributed by atoms with Gasteiger partial charge in [-0.1, -0.05) is 36.6 Å². The number of benzene rings is 2. The summed E-state index contributed by atoms with van der Waals surface area (Å²) in [6, 6.07) is 12.3. The molecule has 2 fully saturated rings. The van der Waals surface area contributed by atoms with Crippen LogP contribution in [0.15, 0.2) is 47.4 Å². The smallest absolute Gasteiger partial charge is 0.238 e. The largest absolute Gasteiger partial charge is 0.493 e. The molecule has 2 atom stereocenters. The van der Waals surface area contributed by atoms with Crippen LogP contribution in [0.1, 0.15) is 37.2 Å². The summed E-state index contributed by atoms with van der Waals surface area (Å²) in [5.74, 6) is 2.08. The second-order valence-corrected chi connectivity index (χ2v) is 9.74. The molecule has 0 radical (unpaired) electrons. The van der Waals surface area contributed by atoms with Crippen molar-refractivity contribution in [2.24, 2.45) is 16.5 Å². The van der Waals surface area contributed by atoms with Crippen LogP contribution in [-0.2, 0) is 10.0 Å². The summed E-state index contributed by atoms with van der Waals surface area (Å²) in [6.07, 6.45) is 4.80. The number of rotatable bonds is 6. The van der Waals surface area contributed by atoms with Gasteiger partial charge in [0.25, 0.3) is 0 Å². The van der Waals surface area contributed by atoms with Gasteiger partial charge in [-0.15, -0.1) is 0 Å². The molecule has 4 rings (SSSR count). The fraction of sp³-hybridized carbons (Fsp3) is 0.429. The van der Waals surface area contributed by atoms with Crippen LogP contribution in [-0.4, -0.2) is 22.1 Å². The molecule has 0 unspecified atom stereocenters. The van der Waals surface area contributed by atoms with Gasteiger partial charge in [0.05, 0.1) is 18.6 Å². The fourth-order valence-corrected chi connectivity index (χ4v) is 5.60. The van der Waals surface area contributed by atoms with E-state index in [1.54, 1.807) is 37.4 Å². The third-order valence-electron chi connectivity index (χ3n) is 6.30. The molecule has 2 saturated carbocycles. The van der Waals surface area contributed by atoms with Gasteiger partial charge in [-0.3, -0.25) is 0 Å². The van der Waals surface area contributed by atoms with Gasteiger partial charge in [0.15, 0.2) is 11.5 Å². The van der Waals surface area contributed by atoms with E-state index in [9.17, 15) is 8.42 Å². The maximum Gasteiger partial charge on any atom is 0.238 e. The number of sulfonamides is 1. The first-order valence-corrected chi connectivity index (χ1v) is 11.4. The molecular formula is C21H24ClNO4S. The highest BCUT2D eigenvalue weighted by atomic mass is 35.5. The predicted molar refractivity (Wildman–Crippen MR) is 108 cm³/mol. The molecule has 0 heterocycles. The molecule has 0 aromatic heterocycles. The van der Waals surface area contributed by atoms with E-state index in [1.807, 2.05) is 12.1 Å². The molecule has 7 heteroatoms. The van der Waals surface area contributed by atoms with Gasteiger partial charge in [-0.2, -0.15) is 0 Å². The van der Waals surface area contributed by atoms with Crippen LogP contribution in [0.3, 0.4) is 0 Å². The highest BCUT2D eigenvalue weighted by Crippen LogP contribution is 2.72. The second-order valence-electron chi connectivity index (χ2n) is 7.74. The molecule has 28 heavy (non-hydrogen) atoms. The topological polar surface area (TPSA) is 78.6 Å². The molecule has 2 N–H and O–H groups in total. The molecule has 2 aliphatic rings.